The minimum atomic E-state index is -2.58. The van der Waals surface area contributed by atoms with Crippen molar-refractivity contribution in [2.45, 2.75) is 18.4 Å². The van der Waals surface area contributed by atoms with Gasteiger partial charge < -0.3 is 4.85 Å². The topological polar surface area (TPSA) is 7.60 Å². The molecule has 0 amide bonds. The Morgan fingerprint density at radius 3 is 2.73 bits per heavy atom. The number of likely N-dealkylation sites (tertiary alicyclic amines) is 1. The first-order chi connectivity index (χ1) is 5.05. The molecule has 1 aliphatic rings. The maximum Gasteiger partial charge on any atom is 0.262 e. The van der Waals surface area contributed by atoms with E-state index in [1.807, 2.05) is 0 Å². The van der Waals surface area contributed by atoms with E-state index < -0.39 is 5.92 Å². The average molecular weight is 160 g/mol. The molecule has 11 heavy (non-hydrogen) atoms. The maximum atomic E-state index is 12.6. The Bertz CT molecular complexity index is 185. The summed E-state index contributed by atoms with van der Waals surface area (Å²) in [5, 5.41) is 0. The quantitative estimate of drug-likeness (QED) is 0.524. The molecule has 2 nitrogen and oxygen atoms in total. The largest absolute Gasteiger partial charge is 0.315 e. The van der Waals surface area contributed by atoms with Crippen LogP contribution in [-0.4, -0.2) is 37.0 Å². The fourth-order valence-electron chi connectivity index (χ4n) is 1.37. The first-order valence-corrected chi connectivity index (χ1v) is 3.46. The van der Waals surface area contributed by atoms with Gasteiger partial charge in [-0.25, -0.2) is 15.4 Å². The molecule has 0 spiro atoms. The predicted molar refractivity (Wildman–Crippen MR) is 37.5 cm³/mol. The molecule has 0 saturated carbocycles. The summed E-state index contributed by atoms with van der Waals surface area (Å²) in [6.07, 6.45) is -0.161. The van der Waals surface area contributed by atoms with Crippen molar-refractivity contribution in [3.8, 4) is 0 Å². The molecule has 0 aromatic heterocycles. The van der Waals surface area contributed by atoms with Crippen molar-refractivity contribution in [3.05, 3.63) is 11.4 Å². The molecule has 62 valence electrons. The second-order valence-electron chi connectivity index (χ2n) is 2.97. The number of halogens is 2. The number of nitrogens with zero attached hydrogens (tertiary/aromatic N) is 2. The van der Waals surface area contributed by atoms with Crippen molar-refractivity contribution in [2.24, 2.45) is 0 Å². The third-order valence-corrected chi connectivity index (χ3v) is 1.94. The van der Waals surface area contributed by atoms with Gasteiger partial charge in [-0.3, -0.25) is 4.90 Å². The third-order valence-electron chi connectivity index (χ3n) is 1.94. The van der Waals surface area contributed by atoms with Crippen molar-refractivity contribution in [3.63, 3.8) is 0 Å². The summed E-state index contributed by atoms with van der Waals surface area (Å²) in [7, 11) is 1.64. The molecule has 0 aromatic carbocycles. The van der Waals surface area contributed by atoms with Crippen molar-refractivity contribution >= 4 is 0 Å². The number of alkyl halides is 2. The van der Waals surface area contributed by atoms with E-state index in [1.165, 1.54) is 0 Å². The molecule has 0 N–H and O–H groups in total. The number of rotatable bonds is 1. The molecule has 0 aliphatic carbocycles. The van der Waals surface area contributed by atoms with Crippen LogP contribution in [0.15, 0.2) is 0 Å². The van der Waals surface area contributed by atoms with E-state index in [0.717, 1.165) is 0 Å². The monoisotopic (exact) mass is 160 g/mol. The van der Waals surface area contributed by atoms with Crippen molar-refractivity contribution in [1.29, 1.82) is 0 Å². The Balaban J connectivity index is 2.53. The Labute approximate surface area is 64.6 Å². The smallest absolute Gasteiger partial charge is 0.262 e. The van der Waals surface area contributed by atoms with Gasteiger partial charge in [-0.1, -0.05) is 0 Å². The maximum absolute atomic E-state index is 12.6. The zero-order chi connectivity index (χ0) is 8.48. The van der Waals surface area contributed by atoms with Crippen LogP contribution in [-0.2, 0) is 0 Å². The molecule has 1 saturated heterocycles. The van der Waals surface area contributed by atoms with E-state index in [1.54, 1.807) is 11.9 Å². The summed E-state index contributed by atoms with van der Waals surface area (Å²) in [4.78, 5) is 4.66. The van der Waals surface area contributed by atoms with Crippen LogP contribution < -0.4 is 0 Å². The minimum Gasteiger partial charge on any atom is -0.315 e. The number of likely N-dealkylation sites (N-methyl/N-ethyl adjacent to an activating group) is 1. The van der Waals surface area contributed by atoms with Crippen LogP contribution in [0.2, 0.25) is 0 Å². The summed E-state index contributed by atoms with van der Waals surface area (Å²) >= 11 is 0. The van der Waals surface area contributed by atoms with E-state index in [4.69, 9.17) is 6.57 Å². The summed E-state index contributed by atoms with van der Waals surface area (Å²) in [6, 6.07) is -0.248. The SMILES string of the molecule is [C-]#[N+]C[C@@H]1CC(F)(F)CN1C. The predicted octanol–water partition coefficient (Wildman–Crippen LogP) is 1.25. The van der Waals surface area contributed by atoms with Crippen molar-refractivity contribution in [1.82, 2.24) is 4.90 Å². The van der Waals surface area contributed by atoms with Crippen LogP contribution in [0.4, 0.5) is 8.78 Å². The van der Waals surface area contributed by atoms with Crippen LogP contribution in [0.25, 0.3) is 4.85 Å². The van der Waals surface area contributed by atoms with Crippen LogP contribution in [0.3, 0.4) is 0 Å². The highest BCUT2D eigenvalue weighted by Gasteiger charge is 2.44. The molecule has 1 rings (SSSR count). The summed E-state index contributed by atoms with van der Waals surface area (Å²) in [5.74, 6) is -2.58. The van der Waals surface area contributed by atoms with Gasteiger partial charge in [-0.05, 0) is 7.05 Å². The van der Waals surface area contributed by atoms with Gasteiger partial charge >= 0.3 is 0 Å². The van der Waals surface area contributed by atoms with Crippen LogP contribution in [0.1, 0.15) is 6.42 Å². The second kappa shape index (κ2) is 2.74. The van der Waals surface area contributed by atoms with Crippen LogP contribution >= 0.6 is 0 Å². The van der Waals surface area contributed by atoms with Crippen molar-refractivity contribution < 1.29 is 8.78 Å². The van der Waals surface area contributed by atoms with Gasteiger partial charge in [0.15, 0.2) is 0 Å². The molecule has 1 fully saturated rings. The molecule has 4 heteroatoms. The van der Waals surface area contributed by atoms with Gasteiger partial charge in [0.05, 0.1) is 12.6 Å². The zero-order valence-electron chi connectivity index (χ0n) is 6.35. The molecule has 0 radical (unpaired) electrons. The molecule has 1 heterocycles. The highest BCUT2D eigenvalue weighted by atomic mass is 19.3. The first-order valence-electron chi connectivity index (χ1n) is 3.46. The second-order valence-corrected chi connectivity index (χ2v) is 2.97. The van der Waals surface area contributed by atoms with Gasteiger partial charge in [0.1, 0.15) is 0 Å². The van der Waals surface area contributed by atoms with E-state index >= 15 is 0 Å². The fourth-order valence-corrected chi connectivity index (χ4v) is 1.37. The highest BCUT2D eigenvalue weighted by molar-refractivity contribution is 4.92. The van der Waals surface area contributed by atoms with E-state index in [2.05, 4.69) is 4.85 Å². The first kappa shape index (κ1) is 8.41. The summed E-state index contributed by atoms with van der Waals surface area (Å²) in [5.41, 5.74) is 0. The zero-order valence-corrected chi connectivity index (χ0v) is 6.35. The fraction of sp³-hybridized carbons (Fsp3) is 0.857. The third kappa shape index (κ3) is 1.87. The lowest BCUT2D eigenvalue weighted by Gasteiger charge is -2.11. The Kier molecular flexibility index (Phi) is 2.10. The molecule has 0 aromatic rings. The lowest BCUT2D eigenvalue weighted by Crippen LogP contribution is -2.27. The lowest BCUT2D eigenvalue weighted by molar-refractivity contribution is 0.0141. The molecular weight excluding hydrogens is 150 g/mol. The normalized spacial score (nSPS) is 30.2. The van der Waals surface area contributed by atoms with Gasteiger partial charge in [-0.2, -0.15) is 0 Å². The average Bonchev–Trinajstić information content (AvgIpc) is 2.07. The molecule has 0 bridgehead atoms. The Morgan fingerprint density at radius 2 is 2.36 bits per heavy atom. The van der Waals surface area contributed by atoms with Gasteiger partial charge in [0.2, 0.25) is 6.54 Å². The van der Waals surface area contributed by atoms with E-state index in [0.29, 0.717) is 0 Å². The number of hydrogen-bond donors (Lipinski definition) is 0. The van der Waals surface area contributed by atoms with E-state index in [9.17, 15) is 8.78 Å². The van der Waals surface area contributed by atoms with Crippen molar-refractivity contribution in [2.75, 3.05) is 20.1 Å². The standard InChI is InChI=1S/C7H10F2N2/c1-10-4-6-3-7(8,9)5-11(6)2/h6H,3-5H2,2H3/t6-/m0/s1. The van der Waals surface area contributed by atoms with Crippen LogP contribution in [0, 0.1) is 6.57 Å². The summed E-state index contributed by atoms with van der Waals surface area (Å²) < 4.78 is 25.2. The minimum absolute atomic E-state index is 0.161. The summed E-state index contributed by atoms with van der Waals surface area (Å²) in [6.45, 7) is 6.53. The van der Waals surface area contributed by atoms with Gasteiger partial charge in [-0.15, -0.1) is 0 Å². The Morgan fingerprint density at radius 1 is 1.73 bits per heavy atom. The molecular formula is C7H10F2N2. The molecule has 0 unspecified atom stereocenters. The highest BCUT2D eigenvalue weighted by Crippen LogP contribution is 2.30. The van der Waals surface area contributed by atoms with Gasteiger partial charge in [0, 0.05) is 6.42 Å². The Hall–Kier alpha value is -0.690. The number of hydrogen-bond acceptors (Lipinski definition) is 1. The van der Waals surface area contributed by atoms with Gasteiger partial charge in [0.25, 0.3) is 5.92 Å². The lowest BCUT2D eigenvalue weighted by atomic mass is 10.2. The molecule has 1 atom stereocenters. The molecule has 1 aliphatic heterocycles. The van der Waals surface area contributed by atoms with E-state index in [-0.39, 0.29) is 25.6 Å². The van der Waals surface area contributed by atoms with Crippen LogP contribution in [0.5, 0.6) is 0 Å².